The molecule has 2 aromatic heterocycles. The molecule has 2 amide bonds. The zero-order valence-electron chi connectivity index (χ0n) is 15.8. The number of carbonyl (C=O) groups excluding carboxylic acids is 2. The number of rotatable bonds is 6. The normalized spacial score (nSPS) is 20.3. The van der Waals surface area contributed by atoms with Gasteiger partial charge in [-0.3, -0.25) is 14.6 Å². The summed E-state index contributed by atoms with van der Waals surface area (Å²) in [7, 11) is 0. The Labute approximate surface area is 167 Å². The van der Waals surface area contributed by atoms with E-state index in [-0.39, 0.29) is 24.5 Å². The Morgan fingerprint density at radius 2 is 2.21 bits per heavy atom. The van der Waals surface area contributed by atoms with Gasteiger partial charge in [0.2, 0.25) is 5.91 Å². The highest BCUT2D eigenvalue weighted by molar-refractivity contribution is 7.07. The lowest BCUT2D eigenvalue weighted by Gasteiger charge is -2.24. The Morgan fingerprint density at radius 3 is 2.89 bits per heavy atom. The minimum Gasteiger partial charge on any atom is -0.374 e. The summed E-state index contributed by atoms with van der Waals surface area (Å²) in [6, 6.07) is 3.80. The van der Waals surface area contributed by atoms with E-state index < -0.39 is 0 Å². The van der Waals surface area contributed by atoms with E-state index in [0.717, 1.165) is 17.1 Å². The Morgan fingerprint density at radius 1 is 1.36 bits per heavy atom. The van der Waals surface area contributed by atoms with E-state index in [1.807, 2.05) is 12.1 Å². The molecule has 2 aliphatic rings. The SMILES string of the molecule is Cc1nnsc1C(=O)N1CC(=O)N(Cc2cccnc2)C[C@H](OCC2CC2)C1. The van der Waals surface area contributed by atoms with Gasteiger partial charge in [0.25, 0.3) is 5.91 Å². The lowest BCUT2D eigenvalue weighted by atomic mass is 10.2. The maximum atomic E-state index is 13.0. The first-order valence-corrected chi connectivity index (χ1v) is 10.2. The number of nitrogens with zero attached hydrogens (tertiary/aromatic N) is 5. The minimum absolute atomic E-state index is 0.0275. The van der Waals surface area contributed by atoms with Gasteiger partial charge in [0.15, 0.2) is 0 Å². The molecule has 2 aromatic rings. The van der Waals surface area contributed by atoms with E-state index in [2.05, 4.69) is 14.6 Å². The van der Waals surface area contributed by atoms with Gasteiger partial charge < -0.3 is 14.5 Å². The molecular weight excluding hydrogens is 378 g/mol. The molecule has 148 valence electrons. The molecular formula is C19H23N5O3S. The van der Waals surface area contributed by atoms with Gasteiger partial charge in [0, 0.05) is 38.6 Å². The number of aryl methyl sites for hydroxylation is 1. The summed E-state index contributed by atoms with van der Waals surface area (Å²) in [6.07, 6.45) is 5.64. The molecule has 3 heterocycles. The summed E-state index contributed by atoms with van der Waals surface area (Å²) in [5, 5.41) is 3.92. The quantitative estimate of drug-likeness (QED) is 0.729. The third kappa shape index (κ3) is 4.53. The van der Waals surface area contributed by atoms with Gasteiger partial charge in [-0.25, -0.2) is 0 Å². The van der Waals surface area contributed by atoms with E-state index in [9.17, 15) is 9.59 Å². The van der Waals surface area contributed by atoms with Crippen molar-refractivity contribution in [3.8, 4) is 0 Å². The van der Waals surface area contributed by atoms with Crippen LogP contribution in [0.25, 0.3) is 0 Å². The van der Waals surface area contributed by atoms with Crippen LogP contribution in [0.4, 0.5) is 0 Å². The molecule has 1 atom stereocenters. The van der Waals surface area contributed by atoms with Crippen molar-refractivity contribution in [3.05, 3.63) is 40.7 Å². The van der Waals surface area contributed by atoms with Gasteiger partial charge in [-0.05, 0) is 48.8 Å². The Bertz CT molecular complexity index is 839. The second-order valence-electron chi connectivity index (χ2n) is 7.41. The second kappa shape index (κ2) is 8.32. The van der Waals surface area contributed by atoms with E-state index in [0.29, 0.717) is 42.7 Å². The Kier molecular flexibility index (Phi) is 5.63. The highest BCUT2D eigenvalue weighted by Crippen LogP contribution is 2.29. The Balaban J connectivity index is 1.51. The lowest BCUT2D eigenvalue weighted by molar-refractivity contribution is -0.132. The van der Waals surface area contributed by atoms with Crippen molar-refractivity contribution in [2.24, 2.45) is 5.92 Å². The molecule has 28 heavy (non-hydrogen) atoms. The van der Waals surface area contributed by atoms with Gasteiger partial charge >= 0.3 is 0 Å². The molecule has 1 aliphatic carbocycles. The molecule has 0 aromatic carbocycles. The van der Waals surface area contributed by atoms with Crippen LogP contribution < -0.4 is 0 Å². The van der Waals surface area contributed by atoms with E-state index in [1.165, 1.54) is 12.8 Å². The topological polar surface area (TPSA) is 88.5 Å². The first-order chi connectivity index (χ1) is 13.6. The number of hydrogen-bond donors (Lipinski definition) is 0. The molecule has 9 heteroatoms. The maximum absolute atomic E-state index is 13.0. The summed E-state index contributed by atoms with van der Waals surface area (Å²) in [5.74, 6) is 0.316. The van der Waals surface area contributed by atoms with Crippen molar-refractivity contribution in [1.82, 2.24) is 24.4 Å². The minimum atomic E-state index is -0.214. The summed E-state index contributed by atoms with van der Waals surface area (Å²) in [5.41, 5.74) is 1.55. The van der Waals surface area contributed by atoms with E-state index >= 15 is 0 Å². The monoisotopic (exact) mass is 401 g/mol. The summed E-state index contributed by atoms with van der Waals surface area (Å²) >= 11 is 1.07. The average Bonchev–Trinajstić information content (AvgIpc) is 3.45. The summed E-state index contributed by atoms with van der Waals surface area (Å²) < 4.78 is 9.95. The van der Waals surface area contributed by atoms with Crippen LogP contribution in [-0.4, -0.2) is 68.5 Å². The van der Waals surface area contributed by atoms with Crippen LogP contribution in [0.2, 0.25) is 0 Å². The molecule has 4 rings (SSSR count). The van der Waals surface area contributed by atoms with Crippen molar-refractivity contribution in [1.29, 1.82) is 0 Å². The standard InChI is InChI=1S/C19H23N5O3S/c1-13-18(28-22-21-13)19(26)24-10-16(27-12-14-4-5-14)9-23(17(25)11-24)8-15-3-2-6-20-7-15/h2-3,6-7,14,16H,4-5,8-12H2,1H3/t16-/m0/s1. The molecule has 1 saturated heterocycles. The first kappa shape index (κ1) is 18.9. The molecule has 8 nitrogen and oxygen atoms in total. The van der Waals surface area contributed by atoms with Crippen molar-refractivity contribution < 1.29 is 14.3 Å². The summed E-state index contributed by atoms with van der Waals surface area (Å²) in [6.45, 7) is 3.77. The van der Waals surface area contributed by atoms with Crippen LogP contribution in [0, 0.1) is 12.8 Å². The summed E-state index contributed by atoms with van der Waals surface area (Å²) in [4.78, 5) is 33.8. The van der Waals surface area contributed by atoms with Crippen LogP contribution in [0.3, 0.4) is 0 Å². The van der Waals surface area contributed by atoms with Gasteiger partial charge in [-0.1, -0.05) is 10.6 Å². The molecule has 0 spiro atoms. The Hall–Kier alpha value is -2.39. The number of carbonyl (C=O) groups is 2. The predicted octanol–water partition coefficient (Wildman–Crippen LogP) is 1.52. The van der Waals surface area contributed by atoms with Crippen LogP contribution in [0.1, 0.15) is 33.8 Å². The third-order valence-electron chi connectivity index (χ3n) is 5.02. The number of hydrogen-bond acceptors (Lipinski definition) is 7. The highest BCUT2D eigenvalue weighted by Gasteiger charge is 2.33. The maximum Gasteiger partial charge on any atom is 0.268 e. The van der Waals surface area contributed by atoms with Gasteiger partial charge in [-0.2, -0.15) is 0 Å². The number of pyridine rings is 1. The molecule has 2 fully saturated rings. The largest absolute Gasteiger partial charge is 0.374 e. The second-order valence-corrected chi connectivity index (χ2v) is 8.16. The van der Waals surface area contributed by atoms with Gasteiger partial charge in [-0.15, -0.1) is 5.10 Å². The zero-order chi connectivity index (χ0) is 19.5. The fraction of sp³-hybridized carbons (Fsp3) is 0.526. The van der Waals surface area contributed by atoms with Crippen molar-refractivity contribution in [3.63, 3.8) is 0 Å². The molecule has 0 radical (unpaired) electrons. The van der Waals surface area contributed by atoms with Crippen LogP contribution in [0.15, 0.2) is 24.5 Å². The average molecular weight is 401 g/mol. The van der Waals surface area contributed by atoms with Crippen LogP contribution >= 0.6 is 11.5 Å². The van der Waals surface area contributed by atoms with Crippen LogP contribution in [-0.2, 0) is 16.1 Å². The number of amides is 2. The fourth-order valence-electron chi connectivity index (χ4n) is 3.23. The van der Waals surface area contributed by atoms with E-state index in [4.69, 9.17) is 4.74 Å². The van der Waals surface area contributed by atoms with Crippen molar-refractivity contribution in [2.75, 3.05) is 26.2 Å². The van der Waals surface area contributed by atoms with Crippen LogP contribution in [0.5, 0.6) is 0 Å². The van der Waals surface area contributed by atoms with Gasteiger partial charge in [0.1, 0.15) is 11.4 Å². The smallest absolute Gasteiger partial charge is 0.268 e. The molecule has 0 N–H and O–H groups in total. The molecule has 1 aliphatic heterocycles. The fourth-order valence-corrected chi connectivity index (χ4v) is 3.86. The van der Waals surface area contributed by atoms with Gasteiger partial charge in [0.05, 0.1) is 11.8 Å². The molecule has 1 saturated carbocycles. The molecule has 0 bridgehead atoms. The number of aromatic nitrogens is 3. The third-order valence-corrected chi connectivity index (χ3v) is 5.84. The van der Waals surface area contributed by atoms with E-state index in [1.54, 1.807) is 29.1 Å². The molecule has 0 unspecified atom stereocenters. The number of ether oxygens (including phenoxy) is 1. The highest BCUT2D eigenvalue weighted by atomic mass is 32.1. The predicted molar refractivity (Wildman–Crippen MR) is 103 cm³/mol. The lowest BCUT2D eigenvalue weighted by Crippen LogP contribution is -2.39. The first-order valence-electron chi connectivity index (χ1n) is 9.46. The van der Waals surface area contributed by atoms with Crippen molar-refractivity contribution in [2.45, 2.75) is 32.4 Å². The van der Waals surface area contributed by atoms with Crippen molar-refractivity contribution >= 4 is 23.3 Å². The zero-order valence-corrected chi connectivity index (χ0v) is 16.6.